The van der Waals surface area contributed by atoms with E-state index in [0.717, 1.165) is 24.8 Å². The number of benzene rings is 1. The average molecular weight is 263 g/mol. The molecule has 104 valence electrons. The van der Waals surface area contributed by atoms with Crippen LogP contribution in [0.15, 0.2) is 24.3 Å². The van der Waals surface area contributed by atoms with E-state index in [1.807, 2.05) is 25.1 Å². The van der Waals surface area contributed by atoms with Crippen molar-refractivity contribution in [3.63, 3.8) is 0 Å². The maximum Gasteiger partial charge on any atom is 0.312 e. The molecular formula is C14H21N3O2. The van der Waals surface area contributed by atoms with Crippen molar-refractivity contribution in [1.29, 1.82) is 0 Å². The monoisotopic (exact) mass is 263 g/mol. The van der Waals surface area contributed by atoms with Crippen LogP contribution in [0, 0.1) is 6.92 Å². The first-order valence-corrected chi connectivity index (χ1v) is 6.48. The fourth-order valence-corrected chi connectivity index (χ4v) is 1.73. The molecule has 3 amide bonds. The van der Waals surface area contributed by atoms with Gasteiger partial charge in [-0.2, -0.15) is 0 Å². The van der Waals surface area contributed by atoms with Crippen LogP contribution in [-0.2, 0) is 0 Å². The summed E-state index contributed by atoms with van der Waals surface area (Å²) in [6.07, 6.45) is 2.69. The standard InChI is InChI=1S/C14H21N3O2/c1-11-6-5-7-12(10-11)13(18)16-8-3-2-4-9-17-14(15)19/h5-7,10H,2-4,8-9H2,1H3,(H,16,18)(H3,15,17,19). The van der Waals surface area contributed by atoms with E-state index in [-0.39, 0.29) is 5.91 Å². The minimum Gasteiger partial charge on any atom is -0.352 e. The Hall–Kier alpha value is -2.04. The zero-order valence-electron chi connectivity index (χ0n) is 11.2. The Bertz CT molecular complexity index is 432. The molecule has 0 aromatic heterocycles. The van der Waals surface area contributed by atoms with Crippen molar-refractivity contribution in [1.82, 2.24) is 10.6 Å². The van der Waals surface area contributed by atoms with Gasteiger partial charge in [-0.1, -0.05) is 17.7 Å². The Labute approximate surface area is 113 Å². The van der Waals surface area contributed by atoms with Crippen LogP contribution in [0.2, 0.25) is 0 Å². The zero-order chi connectivity index (χ0) is 14.1. The van der Waals surface area contributed by atoms with Crippen LogP contribution in [0.4, 0.5) is 4.79 Å². The third kappa shape index (κ3) is 6.45. The molecule has 0 aliphatic carbocycles. The van der Waals surface area contributed by atoms with Gasteiger partial charge in [-0.15, -0.1) is 0 Å². The number of nitrogens with one attached hydrogen (secondary N) is 2. The number of carbonyl (C=O) groups is 2. The number of urea groups is 1. The van der Waals surface area contributed by atoms with Crippen LogP contribution in [0.5, 0.6) is 0 Å². The molecule has 0 saturated carbocycles. The number of primary amides is 1. The maximum absolute atomic E-state index is 11.8. The van der Waals surface area contributed by atoms with Crippen molar-refractivity contribution < 1.29 is 9.59 Å². The molecule has 5 heteroatoms. The lowest BCUT2D eigenvalue weighted by Crippen LogP contribution is -2.30. The third-order valence-corrected chi connectivity index (χ3v) is 2.72. The third-order valence-electron chi connectivity index (χ3n) is 2.72. The highest BCUT2D eigenvalue weighted by molar-refractivity contribution is 5.94. The molecular weight excluding hydrogens is 242 g/mol. The van der Waals surface area contributed by atoms with Gasteiger partial charge < -0.3 is 16.4 Å². The van der Waals surface area contributed by atoms with E-state index in [9.17, 15) is 9.59 Å². The normalized spacial score (nSPS) is 9.95. The molecule has 0 spiro atoms. The van der Waals surface area contributed by atoms with Crippen LogP contribution in [0.1, 0.15) is 35.2 Å². The van der Waals surface area contributed by atoms with E-state index < -0.39 is 6.03 Å². The van der Waals surface area contributed by atoms with Crippen LogP contribution in [-0.4, -0.2) is 25.0 Å². The van der Waals surface area contributed by atoms with Gasteiger partial charge >= 0.3 is 6.03 Å². The Morgan fingerprint density at radius 1 is 1.11 bits per heavy atom. The summed E-state index contributed by atoms with van der Waals surface area (Å²) in [5.74, 6) is -0.0426. The summed E-state index contributed by atoms with van der Waals surface area (Å²) in [5, 5.41) is 5.40. The fourth-order valence-electron chi connectivity index (χ4n) is 1.73. The quantitative estimate of drug-likeness (QED) is 0.652. The Kier molecular flexibility index (Phi) is 6.43. The van der Waals surface area contributed by atoms with E-state index in [4.69, 9.17) is 5.73 Å². The molecule has 0 heterocycles. The molecule has 0 bridgehead atoms. The summed E-state index contributed by atoms with van der Waals surface area (Å²) in [6, 6.07) is 7.01. The van der Waals surface area contributed by atoms with Gasteiger partial charge in [0.1, 0.15) is 0 Å². The number of carbonyl (C=O) groups excluding carboxylic acids is 2. The second kappa shape index (κ2) is 8.13. The van der Waals surface area contributed by atoms with Gasteiger partial charge in [-0.25, -0.2) is 4.79 Å². The summed E-state index contributed by atoms with van der Waals surface area (Å²) >= 11 is 0. The fraction of sp³-hybridized carbons (Fsp3) is 0.429. The lowest BCUT2D eigenvalue weighted by atomic mass is 10.1. The van der Waals surface area contributed by atoms with Gasteiger partial charge in [-0.05, 0) is 38.3 Å². The highest BCUT2D eigenvalue weighted by Gasteiger charge is 2.03. The molecule has 1 aromatic carbocycles. The molecule has 0 atom stereocenters. The van der Waals surface area contributed by atoms with E-state index in [0.29, 0.717) is 18.7 Å². The first kappa shape index (κ1) is 15.0. The summed E-state index contributed by atoms with van der Waals surface area (Å²) in [5.41, 5.74) is 6.71. The first-order chi connectivity index (χ1) is 9.09. The smallest absolute Gasteiger partial charge is 0.312 e. The molecule has 4 N–H and O–H groups in total. The lowest BCUT2D eigenvalue weighted by molar-refractivity contribution is 0.0953. The van der Waals surface area contributed by atoms with Crippen molar-refractivity contribution in [2.45, 2.75) is 26.2 Å². The maximum atomic E-state index is 11.8. The topological polar surface area (TPSA) is 84.2 Å². The predicted octanol–water partition coefficient (Wildman–Crippen LogP) is 1.56. The van der Waals surface area contributed by atoms with Crippen molar-refractivity contribution in [3.8, 4) is 0 Å². The van der Waals surface area contributed by atoms with E-state index in [1.54, 1.807) is 6.07 Å². The molecule has 1 rings (SSSR count). The minimum absolute atomic E-state index is 0.0426. The Balaban J connectivity index is 2.12. The number of hydrogen-bond acceptors (Lipinski definition) is 2. The molecule has 5 nitrogen and oxygen atoms in total. The number of aryl methyl sites for hydroxylation is 1. The Morgan fingerprint density at radius 2 is 1.79 bits per heavy atom. The highest BCUT2D eigenvalue weighted by Crippen LogP contribution is 2.03. The molecule has 0 aliphatic rings. The number of unbranched alkanes of at least 4 members (excludes halogenated alkanes) is 2. The van der Waals surface area contributed by atoms with Crippen molar-refractivity contribution in [2.75, 3.05) is 13.1 Å². The van der Waals surface area contributed by atoms with Crippen molar-refractivity contribution in [2.24, 2.45) is 5.73 Å². The predicted molar refractivity (Wildman–Crippen MR) is 74.9 cm³/mol. The number of nitrogens with two attached hydrogens (primary N) is 1. The lowest BCUT2D eigenvalue weighted by Gasteiger charge is -2.06. The van der Waals surface area contributed by atoms with E-state index in [1.165, 1.54) is 0 Å². The van der Waals surface area contributed by atoms with Gasteiger partial charge in [0.05, 0.1) is 0 Å². The van der Waals surface area contributed by atoms with Crippen LogP contribution < -0.4 is 16.4 Å². The zero-order valence-corrected chi connectivity index (χ0v) is 11.2. The number of rotatable bonds is 7. The van der Waals surface area contributed by atoms with Crippen LogP contribution >= 0.6 is 0 Å². The van der Waals surface area contributed by atoms with E-state index in [2.05, 4.69) is 10.6 Å². The van der Waals surface area contributed by atoms with Gasteiger partial charge in [0.15, 0.2) is 0 Å². The first-order valence-electron chi connectivity index (χ1n) is 6.48. The van der Waals surface area contributed by atoms with E-state index >= 15 is 0 Å². The summed E-state index contributed by atoms with van der Waals surface area (Å²) < 4.78 is 0. The molecule has 19 heavy (non-hydrogen) atoms. The number of hydrogen-bond donors (Lipinski definition) is 3. The highest BCUT2D eigenvalue weighted by atomic mass is 16.2. The molecule has 1 aromatic rings. The van der Waals surface area contributed by atoms with Gasteiger partial charge in [0.25, 0.3) is 5.91 Å². The molecule has 0 saturated heterocycles. The summed E-state index contributed by atoms with van der Waals surface area (Å²) in [7, 11) is 0. The molecule has 0 radical (unpaired) electrons. The van der Waals surface area contributed by atoms with Crippen molar-refractivity contribution >= 4 is 11.9 Å². The van der Waals surface area contributed by atoms with Gasteiger partial charge in [-0.3, -0.25) is 4.79 Å². The Morgan fingerprint density at radius 3 is 2.42 bits per heavy atom. The van der Waals surface area contributed by atoms with Crippen molar-refractivity contribution in [3.05, 3.63) is 35.4 Å². The van der Waals surface area contributed by atoms with Gasteiger partial charge in [0, 0.05) is 18.7 Å². The summed E-state index contributed by atoms with van der Waals surface area (Å²) in [4.78, 5) is 22.2. The average Bonchev–Trinajstić information content (AvgIpc) is 2.37. The van der Waals surface area contributed by atoms with Crippen LogP contribution in [0.25, 0.3) is 0 Å². The molecule has 0 fully saturated rings. The second-order valence-electron chi connectivity index (χ2n) is 4.48. The largest absolute Gasteiger partial charge is 0.352 e. The summed E-state index contributed by atoms with van der Waals surface area (Å²) in [6.45, 7) is 3.19. The van der Waals surface area contributed by atoms with Crippen LogP contribution in [0.3, 0.4) is 0 Å². The minimum atomic E-state index is -0.493. The molecule has 0 unspecified atom stereocenters. The van der Waals surface area contributed by atoms with Gasteiger partial charge in [0.2, 0.25) is 0 Å². The second-order valence-corrected chi connectivity index (χ2v) is 4.48. The number of amides is 3. The SMILES string of the molecule is Cc1cccc(C(=O)NCCCCCNC(N)=O)c1. The molecule has 0 aliphatic heterocycles.